The zero-order valence-electron chi connectivity index (χ0n) is 12.1. The number of nitrogens with zero attached hydrogens (tertiary/aromatic N) is 4. The van der Waals surface area contributed by atoms with Crippen molar-refractivity contribution in [2.45, 2.75) is 13.1 Å². The largest absolute Gasteiger partial charge is 0.298 e. The second-order valence-electron chi connectivity index (χ2n) is 5.16. The van der Waals surface area contributed by atoms with Gasteiger partial charge < -0.3 is 0 Å². The van der Waals surface area contributed by atoms with Gasteiger partial charge in [-0.2, -0.15) is 5.10 Å². The highest BCUT2D eigenvalue weighted by molar-refractivity contribution is 5.30. The van der Waals surface area contributed by atoms with Crippen LogP contribution in [0.25, 0.3) is 5.69 Å². The van der Waals surface area contributed by atoms with Crippen LogP contribution >= 0.6 is 0 Å². The Hall–Kier alpha value is -2.46. The lowest BCUT2D eigenvalue weighted by Crippen LogP contribution is -2.16. The normalized spacial score (nSPS) is 11.0. The molecule has 0 aliphatic carbocycles. The summed E-state index contributed by atoms with van der Waals surface area (Å²) in [7, 11) is 2.10. The van der Waals surface area contributed by atoms with Crippen molar-refractivity contribution in [2.24, 2.45) is 0 Å². The Balaban J connectivity index is 1.65. The van der Waals surface area contributed by atoms with E-state index in [2.05, 4.69) is 46.4 Å². The number of benzene rings is 1. The summed E-state index contributed by atoms with van der Waals surface area (Å²) in [6.45, 7) is 1.74. The number of hydrogen-bond acceptors (Lipinski definition) is 3. The molecule has 4 nitrogen and oxygen atoms in total. The first kappa shape index (κ1) is 13.5. The van der Waals surface area contributed by atoms with E-state index in [0.29, 0.717) is 0 Å². The monoisotopic (exact) mass is 278 g/mol. The summed E-state index contributed by atoms with van der Waals surface area (Å²) in [5.41, 5.74) is 3.50. The summed E-state index contributed by atoms with van der Waals surface area (Å²) in [4.78, 5) is 6.40. The van der Waals surface area contributed by atoms with Crippen molar-refractivity contribution in [3.05, 3.63) is 78.4 Å². The lowest BCUT2D eigenvalue weighted by Gasteiger charge is -2.15. The number of hydrogen-bond donors (Lipinski definition) is 0. The molecular formula is C17H18N4. The van der Waals surface area contributed by atoms with Gasteiger partial charge >= 0.3 is 0 Å². The fourth-order valence-electron chi connectivity index (χ4n) is 2.33. The van der Waals surface area contributed by atoms with Gasteiger partial charge in [0.05, 0.1) is 11.9 Å². The first-order valence-corrected chi connectivity index (χ1v) is 6.98. The summed E-state index contributed by atoms with van der Waals surface area (Å²) in [5, 5.41) is 4.42. The maximum absolute atomic E-state index is 4.42. The highest BCUT2D eigenvalue weighted by Crippen LogP contribution is 2.10. The molecule has 4 heteroatoms. The number of pyridine rings is 1. The van der Waals surface area contributed by atoms with E-state index in [1.807, 2.05) is 41.3 Å². The van der Waals surface area contributed by atoms with Gasteiger partial charge in [-0.3, -0.25) is 9.88 Å². The van der Waals surface area contributed by atoms with Gasteiger partial charge in [-0.15, -0.1) is 0 Å². The fourth-order valence-corrected chi connectivity index (χ4v) is 2.33. The lowest BCUT2D eigenvalue weighted by atomic mass is 10.2. The minimum Gasteiger partial charge on any atom is -0.298 e. The summed E-state index contributed by atoms with van der Waals surface area (Å²) in [6.07, 6.45) is 7.71. The van der Waals surface area contributed by atoms with Crippen molar-refractivity contribution in [2.75, 3.05) is 7.05 Å². The van der Waals surface area contributed by atoms with Gasteiger partial charge in [0, 0.05) is 37.2 Å². The van der Waals surface area contributed by atoms with Crippen LogP contribution in [0.2, 0.25) is 0 Å². The molecule has 0 radical (unpaired) electrons. The molecular weight excluding hydrogens is 260 g/mol. The zero-order valence-corrected chi connectivity index (χ0v) is 12.1. The third kappa shape index (κ3) is 3.55. The summed E-state index contributed by atoms with van der Waals surface area (Å²) >= 11 is 0. The molecule has 0 saturated heterocycles. The smallest absolute Gasteiger partial charge is 0.0645 e. The lowest BCUT2D eigenvalue weighted by molar-refractivity contribution is 0.318. The van der Waals surface area contributed by atoms with E-state index >= 15 is 0 Å². The molecule has 0 fully saturated rings. The van der Waals surface area contributed by atoms with E-state index in [1.54, 1.807) is 6.20 Å². The fraction of sp³-hybridized carbons (Fsp3) is 0.176. The average molecular weight is 278 g/mol. The molecule has 0 aliphatic rings. The van der Waals surface area contributed by atoms with Crippen molar-refractivity contribution in [1.82, 2.24) is 19.7 Å². The molecule has 0 saturated carbocycles. The average Bonchev–Trinajstić information content (AvgIpc) is 2.97. The molecule has 0 aliphatic heterocycles. The predicted molar refractivity (Wildman–Crippen MR) is 83.0 cm³/mol. The van der Waals surface area contributed by atoms with Crippen LogP contribution in [0.4, 0.5) is 0 Å². The third-order valence-electron chi connectivity index (χ3n) is 3.28. The van der Waals surface area contributed by atoms with E-state index in [0.717, 1.165) is 18.8 Å². The zero-order chi connectivity index (χ0) is 14.5. The summed E-state index contributed by atoms with van der Waals surface area (Å²) in [6, 6.07) is 14.2. The second kappa shape index (κ2) is 6.33. The molecule has 0 spiro atoms. The van der Waals surface area contributed by atoms with Gasteiger partial charge in [0.1, 0.15) is 0 Å². The first-order chi connectivity index (χ1) is 10.3. The van der Waals surface area contributed by atoms with E-state index < -0.39 is 0 Å². The molecule has 0 amide bonds. The van der Waals surface area contributed by atoms with Gasteiger partial charge in [-0.05, 0) is 30.8 Å². The molecule has 2 aromatic heterocycles. The molecule has 2 heterocycles. The Kier molecular flexibility index (Phi) is 4.07. The van der Waals surface area contributed by atoms with Crippen LogP contribution in [0.3, 0.4) is 0 Å². The molecule has 0 N–H and O–H groups in total. The van der Waals surface area contributed by atoms with Gasteiger partial charge in [0.15, 0.2) is 0 Å². The maximum atomic E-state index is 4.42. The quantitative estimate of drug-likeness (QED) is 0.719. The van der Waals surface area contributed by atoms with Gasteiger partial charge in [0.25, 0.3) is 0 Å². The molecule has 3 aromatic rings. The minimum absolute atomic E-state index is 0.863. The van der Waals surface area contributed by atoms with E-state index in [4.69, 9.17) is 0 Å². The summed E-state index contributed by atoms with van der Waals surface area (Å²) in [5.74, 6) is 0. The SMILES string of the molecule is CN(Cc1cccnc1)Cc1cnn(-c2ccccc2)c1. The number of aromatic nitrogens is 3. The Labute approximate surface area is 124 Å². The molecule has 1 aromatic carbocycles. The number of para-hydroxylation sites is 1. The molecule has 106 valence electrons. The summed E-state index contributed by atoms with van der Waals surface area (Å²) < 4.78 is 1.91. The predicted octanol–water partition coefficient (Wildman–Crippen LogP) is 2.90. The second-order valence-corrected chi connectivity index (χ2v) is 5.16. The van der Waals surface area contributed by atoms with E-state index in [-0.39, 0.29) is 0 Å². The molecule has 3 rings (SSSR count). The van der Waals surface area contributed by atoms with Gasteiger partial charge in [0.2, 0.25) is 0 Å². The van der Waals surface area contributed by atoms with Gasteiger partial charge in [-0.25, -0.2) is 4.68 Å². The Morgan fingerprint density at radius 3 is 2.52 bits per heavy atom. The van der Waals surface area contributed by atoms with Gasteiger partial charge in [-0.1, -0.05) is 24.3 Å². The Bertz CT molecular complexity index is 676. The standard InChI is InChI=1S/C17H18N4/c1-20(12-15-6-5-9-18-10-15)13-16-11-19-21(14-16)17-7-3-2-4-8-17/h2-11,14H,12-13H2,1H3. The molecule has 21 heavy (non-hydrogen) atoms. The molecule has 0 bridgehead atoms. The Morgan fingerprint density at radius 2 is 1.76 bits per heavy atom. The van der Waals surface area contributed by atoms with Crippen LogP contribution in [0.15, 0.2) is 67.3 Å². The van der Waals surface area contributed by atoms with E-state index in [9.17, 15) is 0 Å². The van der Waals surface area contributed by atoms with Crippen LogP contribution in [0, 0.1) is 0 Å². The van der Waals surface area contributed by atoms with Crippen LogP contribution < -0.4 is 0 Å². The van der Waals surface area contributed by atoms with E-state index in [1.165, 1.54) is 11.1 Å². The van der Waals surface area contributed by atoms with Crippen molar-refractivity contribution < 1.29 is 0 Å². The Morgan fingerprint density at radius 1 is 0.952 bits per heavy atom. The third-order valence-corrected chi connectivity index (χ3v) is 3.28. The minimum atomic E-state index is 0.863. The first-order valence-electron chi connectivity index (χ1n) is 6.98. The number of rotatable bonds is 5. The van der Waals surface area contributed by atoms with Crippen LogP contribution in [0.5, 0.6) is 0 Å². The highest BCUT2D eigenvalue weighted by atomic mass is 15.3. The maximum Gasteiger partial charge on any atom is 0.0645 e. The molecule has 0 unspecified atom stereocenters. The van der Waals surface area contributed by atoms with Crippen molar-refractivity contribution >= 4 is 0 Å². The van der Waals surface area contributed by atoms with Crippen LogP contribution in [-0.4, -0.2) is 26.7 Å². The van der Waals surface area contributed by atoms with Crippen LogP contribution in [0.1, 0.15) is 11.1 Å². The van der Waals surface area contributed by atoms with Crippen molar-refractivity contribution in [3.63, 3.8) is 0 Å². The van der Waals surface area contributed by atoms with Crippen molar-refractivity contribution in [1.29, 1.82) is 0 Å². The molecule has 0 atom stereocenters. The highest BCUT2D eigenvalue weighted by Gasteiger charge is 2.05. The topological polar surface area (TPSA) is 34.0 Å². The van der Waals surface area contributed by atoms with Crippen molar-refractivity contribution in [3.8, 4) is 5.69 Å². The van der Waals surface area contributed by atoms with Crippen LogP contribution in [-0.2, 0) is 13.1 Å².